The first-order valence-electron chi connectivity index (χ1n) is 10.6. The Morgan fingerprint density at radius 3 is 3.00 bits per heavy atom. The molecule has 0 saturated carbocycles. The van der Waals surface area contributed by atoms with Crippen LogP contribution in [0.2, 0.25) is 0 Å². The quantitative estimate of drug-likeness (QED) is 0.333. The topological polar surface area (TPSA) is 70.7 Å². The zero-order chi connectivity index (χ0) is 19.6. The van der Waals surface area contributed by atoms with Gasteiger partial charge in [0.25, 0.3) is 0 Å². The number of hydrogen-bond donors (Lipinski definition) is 3. The molecule has 6 heteroatoms. The molecule has 3 rings (SSSR count). The minimum atomic E-state index is 0.278. The zero-order valence-corrected chi connectivity index (χ0v) is 17.2. The van der Waals surface area contributed by atoms with Crippen LogP contribution in [0.25, 0.3) is 10.9 Å². The van der Waals surface area contributed by atoms with Crippen LogP contribution in [-0.4, -0.2) is 56.5 Å². The highest BCUT2D eigenvalue weighted by Gasteiger charge is 2.14. The van der Waals surface area contributed by atoms with Crippen LogP contribution in [0, 0.1) is 0 Å². The number of para-hydroxylation sites is 1. The molecule has 0 spiro atoms. The summed E-state index contributed by atoms with van der Waals surface area (Å²) < 4.78 is 11.3. The Kier molecular flexibility index (Phi) is 8.18. The third-order valence-electron chi connectivity index (χ3n) is 5.13. The van der Waals surface area contributed by atoms with E-state index in [9.17, 15) is 0 Å². The van der Waals surface area contributed by atoms with Crippen LogP contribution in [0.3, 0.4) is 0 Å². The number of benzene rings is 1. The van der Waals surface area contributed by atoms with Crippen LogP contribution in [-0.2, 0) is 22.3 Å². The lowest BCUT2D eigenvalue weighted by molar-refractivity contribution is 0.0200. The van der Waals surface area contributed by atoms with Crippen molar-refractivity contribution in [3.8, 4) is 0 Å². The van der Waals surface area contributed by atoms with Gasteiger partial charge < -0.3 is 25.1 Å². The second-order valence-corrected chi connectivity index (χ2v) is 7.15. The molecule has 1 aromatic carbocycles. The van der Waals surface area contributed by atoms with Crippen molar-refractivity contribution in [1.82, 2.24) is 15.6 Å². The standard InChI is InChI=1S/C22H34N4O2/c1-3-17-7-5-9-20-18(15-26-21(17)20)10-11-24-22(23-4-2)25-12-14-27-16-19-8-6-13-28-19/h5,7,9,15,19,26H,3-4,6,8,10-14,16H2,1-2H3,(H2,23,24,25). The average molecular weight is 387 g/mol. The van der Waals surface area contributed by atoms with Gasteiger partial charge in [0.1, 0.15) is 0 Å². The number of nitrogens with zero attached hydrogens (tertiary/aromatic N) is 1. The fourth-order valence-electron chi connectivity index (χ4n) is 3.65. The van der Waals surface area contributed by atoms with E-state index < -0.39 is 0 Å². The van der Waals surface area contributed by atoms with E-state index in [1.165, 1.54) is 22.0 Å². The largest absolute Gasteiger partial charge is 0.377 e. The molecule has 0 radical (unpaired) electrons. The van der Waals surface area contributed by atoms with E-state index in [2.05, 4.69) is 58.9 Å². The Morgan fingerprint density at radius 2 is 2.21 bits per heavy atom. The lowest BCUT2D eigenvalue weighted by Gasteiger charge is -2.12. The van der Waals surface area contributed by atoms with Gasteiger partial charge in [0.15, 0.2) is 5.96 Å². The van der Waals surface area contributed by atoms with Gasteiger partial charge in [-0.2, -0.15) is 0 Å². The van der Waals surface area contributed by atoms with Gasteiger partial charge in [0.05, 0.1) is 25.9 Å². The van der Waals surface area contributed by atoms with Crippen LogP contribution in [0.5, 0.6) is 0 Å². The predicted molar refractivity (Wildman–Crippen MR) is 115 cm³/mol. The van der Waals surface area contributed by atoms with Gasteiger partial charge in [-0.15, -0.1) is 0 Å². The maximum absolute atomic E-state index is 5.69. The summed E-state index contributed by atoms with van der Waals surface area (Å²) in [6.45, 7) is 8.78. The molecule has 1 aliphatic heterocycles. The molecule has 3 N–H and O–H groups in total. The molecule has 28 heavy (non-hydrogen) atoms. The highest BCUT2D eigenvalue weighted by Crippen LogP contribution is 2.22. The second kappa shape index (κ2) is 11.1. The number of aryl methyl sites for hydroxylation is 1. The van der Waals surface area contributed by atoms with Crippen LogP contribution in [0.4, 0.5) is 0 Å². The summed E-state index contributed by atoms with van der Waals surface area (Å²) in [6.07, 6.45) is 6.67. The highest BCUT2D eigenvalue weighted by atomic mass is 16.5. The molecule has 0 aliphatic carbocycles. The number of aromatic nitrogens is 1. The number of hydrogen-bond acceptors (Lipinski definition) is 3. The average Bonchev–Trinajstić information content (AvgIpc) is 3.37. The summed E-state index contributed by atoms with van der Waals surface area (Å²) in [5.74, 6) is 0.845. The van der Waals surface area contributed by atoms with Crippen molar-refractivity contribution in [2.45, 2.75) is 45.6 Å². The summed E-state index contributed by atoms with van der Waals surface area (Å²) in [7, 11) is 0. The summed E-state index contributed by atoms with van der Waals surface area (Å²) in [6, 6.07) is 6.54. The van der Waals surface area contributed by atoms with Crippen LogP contribution >= 0.6 is 0 Å². The van der Waals surface area contributed by atoms with Crippen molar-refractivity contribution < 1.29 is 9.47 Å². The smallest absolute Gasteiger partial charge is 0.191 e. The van der Waals surface area contributed by atoms with Crippen LogP contribution < -0.4 is 10.6 Å². The maximum atomic E-state index is 5.69. The second-order valence-electron chi connectivity index (χ2n) is 7.15. The predicted octanol–water partition coefficient (Wildman–Crippen LogP) is 3.02. The molecule has 2 aromatic rings. The molecule has 2 heterocycles. The van der Waals surface area contributed by atoms with E-state index in [-0.39, 0.29) is 6.10 Å². The number of aliphatic imine (C=N–C) groups is 1. The van der Waals surface area contributed by atoms with Gasteiger partial charge in [-0.1, -0.05) is 25.1 Å². The van der Waals surface area contributed by atoms with Crippen LogP contribution in [0.1, 0.15) is 37.8 Å². The molecule has 0 bridgehead atoms. The molecule has 1 unspecified atom stereocenters. The molecule has 1 saturated heterocycles. The molecule has 1 aliphatic rings. The van der Waals surface area contributed by atoms with Gasteiger partial charge in [0.2, 0.25) is 0 Å². The third kappa shape index (κ3) is 5.72. The molecule has 154 valence electrons. The van der Waals surface area contributed by atoms with Gasteiger partial charge in [0, 0.05) is 36.8 Å². The molecule has 1 atom stereocenters. The number of guanidine groups is 1. The number of nitrogens with one attached hydrogen (secondary N) is 3. The summed E-state index contributed by atoms with van der Waals surface area (Å²) >= 11 is 0. The Bertz CT molecular complexity index is 750. The van der Waals surface area contributed by atoms with Gasteiger partial charge in [-0.05, 0) is 43.7 Å². The number of ether oxygens (including phenoxy) is 2. The van der Waals surface area contributed by atoms with Crippen molar-refractivity contribution in [3.05, 3.63) is 35.5 Å². The fraction of sp³-hybridized carbons (Fsp3) is 0.591. The highest BCUT2D eigenvalue weighted by molar-refractivity contribution is 5.86. The number of H-pyrrole nitrogens is 1. The Balaban J connectivity index is 1.44. The first-order chi connectivity index (χ1) is 13.8. The lowest BCUT2D eigenvalue weighted by Crippen LogP contribution is -2.38. The van der Waals surface area contributed by atoms with Crippen molar-refractivity contribution in [2.24, 2.45) is 4.99 Å². The number of fused-ring (bicyclic) bond motifs is 1. The van der Waals surface area contributed by atoms with E-state index in [0.29, 0.717) is 19.8 Å². The van der Waals surface area contributed by atoms with Crippen molar-refractivity contribution in [2.75, 3.05) is 39.5 Å². The lowest BCUT2D eigenvalue weighted by atomic mass is 10.1. The first-order valence-corrected chi connectivity index (χ1v) is 10.6. The maximum Gasteiger partial charge on any atom is 0.191 e. The van der Waals surface area contributed by atoms with E-state index >= 15 is 0 Å². The van der Waals surface area contributed by atoms with Crippen molar-refractivity contribution in [3.63, 3.8) is 0 Å². The Morgan fingerprint density at radius 1 is 1.29 bits per heavy atom. The van der Waals surface area contributed by atoms with Gasteiger partial charge >= 0.3 is 0 Å². The molecular weight excluding hydrogens is 352 g/mol. The zero-order valence-electron chi connectivity index (χ0n) is 17.2. The molecule has 0 amide bonds. The Labute approximate surface area is 168 Å². The first kappa shape index (κ1) is 20.7. The summed E-state index contributed by atoms with van der Waals surface area (Å²) in [5, 5.41) is 8.05. The minimum absolute atomic E-state index is 0.278. The Hall–Kier alpha value is -2.05. The van der Waals surface area contributed by atoms with Gasteiger partial charge in [-0.25, -0.2) is 0 Å². The van der Waals surface area contributed by atoms with Crippen molar-refractivity contribution >= 4 is 16.9 Å². The minimum Gasteiger partial charge on any atom is -0.377 e. The molecule has 6 nitrogen and oxygen atoms in total. The van der Waals surface area contributed by atoms with Crippen molar-refractivity contribution in [1.29, 1.82) is 0 Å². The molecule has 1 aromatic heterocycles. The van der Waals surface area contributed by atoms with Crippen LogP contribution in [0.15, 0.2) is 29.4 Å². The normalized spacial score (nSPS) is 17.4. The summed E-state index contributed by atoms with van der Waals surface area (Å²) in [5.41, 5.74) is 3.98. The number of aromatic amines is 1. The van der Waals surface area contributed by atoms with E-state index in [4.69, 9.17) is 9.47 Å². The summed E-state index contributed by atoms with van der Waals surface area (Å²) in [4.78, 5) is 8.05. The van der Waals surface area contributed by atoms with E-state index in [0.717, 1.165) is 51.3 Å². The molecular formula is C22H34N4O2. The van der Waals surface area contributed by atoms with E-state index in [1.807, 2.05) is 0 Å². The number of rotatable bonds is 10. The SMILES string of the molecule is CCNC(=NCCOCC1CCCO1)NCCc1c[nH]c2c(CC)cccc12. The third-order valence-corrected chi connectivity index (χ3v) is 5.13. The fourth-order valence-corrected chi connectivity index (χ4v) is 3.65. The van der Waals surface area contributed by atoms with Gasteiger partial charge in [-0.3, -0.25) is 4.99 Å². The monoisotopic (exact) mass is 386 g/mol. The molecule has 1 fully saturated rings. The van der Waals surface area contributed by atoms with E-state index in [1.54, 1.807) is 0 Å².